The normalized spacial score (nSPS) is 11.8. The summed E-state index contributed by atoms with van der Waals surface area (Å²) in [5.74, 6) is -0.720. The van der Waals surface area contributed by atoms with Crippen LogP contribution in [0.4, 0.5) is 0 Å². The molecule has 0 amide bonds. The lowest BCUT2D eigenvalue weighted by molar-refractivity contribution is 0.0468. The molecule has 136 valence electrons. The number of esters is 1. The van der Waals surface area contributed by atoms with Gasteiger partial charge in [0.1, 0.15) is 12.3 Å². The van der Waals surface area contributed by atoms with Crippen molar-refractivity contribution in [3.63, 3.8) is 0 Å². The molecule has 0 unspecified atom stereocenters. The second-order valence-electron chi connectivity index (χ2n) is 5.70. The molecule has 0 N–H and O–H groups in total. The molecule has 9 heteroatoms. The molecule has 2 heterocycles. The summed E-state index contributed by atoms with van der Waals surface area (Å²) in [6.45, 7) is -0.0541. The van der Waals surface area contributed by atoms with Crippen molar-refractivity contribution >= 4 is 33.2 Å². The second kappa shape index (κ2) is 7.06. The number of fused-ring (bicyclic) bond motifs is 1. The van der Waals surface area contributed by atoms with E-state index in [4.69, 9.17) is 16.3 Å². The molecule has 0 spiro atoms. The largest absolute Gasteiger partial charge is 0.455 e. The lowest BCUT2D eigenvalue weighted by atomic mass is 10.2. The van der Waals surface area contributed by atoms with Gasteiger partial charge in [-0.1, -0.05) is 17.7 Å². The van der Waals surface area contributed by atoms with Crippen LogP contribution < -0.4 is 0 Å². The Morgan fingerprint density at radius 3 is 2.73 bits per heavy atom. The van der Waals surface area contributed by atoms with Crippen molar-refractivity contribution in [3.05, 3.63) is 65.1 Å². The average molecular weight is 394 g/mol. The van der Waals surface area contributed by atoms with Gasteiger partial charge in [-0.3, -0.25) is 0 Å². The zero-order valence-electron chi connectivity index (χ0n) is 14.1. The van der Waals surface area contributed by atoms with E-state index in [1.54, 1.807) is 10.6 Å². The van der Waals surface area contributed by atoms with E-state index in [2.05, 4.69) is 4.98 Å². The standard InChI is InChI=1S/C17H16ClN3O4S/c1-20(2)26(23,24)13-6-7-15(18)14(9-13)17(22)25-11-12-10-21-8-4-3-5-16(21)19-12/h3-10H,11H2,1-2H3. The first-order chi connectivity index (χ1) is 12.3. The van der Waals surface area contributed by atoms with Crippen LogP contribution in [0.3, 0.4) is 0 Å². The van der Waals surface area contributed by atoms with E-state index in [9.17, 15) is 13.2 Å². The molecular formula is C17H16ClN3O4S. The van der Waals surface area contributed by atoms with Gasteiger partial charge in [0.25, 0.3) is 0 Å². The SMILES string of the molecule is CN(C)S(=O)(=O)c1ccc(Cl)c(C(=O)OCc2cn3ccccc3n2)c1. The number of hydrogen-bond donors (Lipinski definition) is 0. The predicted octanol–water partition coefficient (Wildman–Crippen LogP) is 2.60. The lowest BCUT2D eigenvalue weighted by Gasteiger charge is -2.12. The van der Waals surface area contributed by atoms with Gasteiger partial charge in [0.15, 0.2) is 0 Å². The number of nitrogens with zero attached hydrogens (tertiary/aromatic N) is 3. The van der Waals surface area contributed by atoms with E-state index < -0.39 is 16.0 Å². The number of aromatic nitrogens is 2. The molecule has 0 bridgehead atoms. The molecule has 2 aromatic heterocycles. The zero-order valence-corrected chi connectivity index (χ0v) is 15.7. The summed E-state index contributed by atoms with van der Waals surface area (Å²) in [6.07, 6.45) is 3.58. The van der Waals surface area contributed by atoms with Gasteiger partial charge in [-0.05, 0) is 30.3 Å². The Morgan fingerprint density at radius 2 is 2.04 bits per heavy atom. The molecule has 7 nitrogen and oxygen atoms in total. The van der Waals surface area contributed by atoms with Crippen LogP contribution in [0.15, 0.2) is 53.7 Å². The second-order valence-corrected chi connectivity index (χ2v) is 8.26. The van der Waals surface area contributed by atoms with Gasteiger partial charge in [0, 0.05) is 26.5 Å². The summed E-state index contributed by atoms with van der Waals surface area (Å²) in [5, 5.41) is 0.114. The highest BCUT2D eigenvalue weighted by molar-refractivity contribution is 7.89. The van der Waals surface area contributed by atoms with Gasteiger partial charge < -0.3 is 9.14 Å². The Kier molecular flexibility index (Phi) is 4.99. The Morgan fingerprint density at radius 1 is 1.27 bits per heavy atom. The fraction of sp³-hybridized carbons (Fsp3) is 0.176. The summed E-state index contributed by atoms with van der Waals surface area (Å²) < 4.78 is 32.5. The minimum absolute atomic E-state index is 0.0154. The van der Waals surface area contributed by atoms with E-state index in [0.717, 1.165) is 9.95 Å². The number of benzene rings is 1. The van der Waals surface area contributed by atoms with Crippen molar-refractivity contribution < 1.29 is 17.9 Å². The van der Waals surface area contributed by atoms with Crippen molar-refractivity contribution in [1.29, 1.82) is 0 Å². The average Bonchev–Trinajstić information content (AvgIpc) is 3.02. The number of carbonyl (C=O) groups is 1. The van der Waals surface area contributed by atoms with Gasteiger partial charge >= 0.3 is 5.97 Å². The smallest absolute Gasteiger partial charge is 0.340 e. The molecule has 0 atom stereocenters. The van der Waals surface area contributed by atoms with Gasteiger partial charge in [-0.2, -0.15) is 0 Å². The van der Waals surface area contributed by atoms with Gasteiger partial charge in [-0.15, -0.1) is 0 Å². The van der Waals surface area contributed by atoms with Crippen molar-refractivity contribution in [3.8, 4) is 0 Å². The van der Waals surface area contributed by atoms with Crippen LogP contribution >= 0.6 is 11.6 Å². The number of ether oxygens (including phenoxy) is 1. The van der Waals surface area contributed by atoms with E-state index in [-0.39, 0.29) is 22.1 Å². The quantitative estimate of drug-likeness (QED) is 0.622. The summed E-state index contributed by atoms with van der Waals surface area (Å²) >= 11 is 6.04. The number of carbonyl (C=O) groups excluding carboxylic acids is 1. The van der Waals surface area contributed by atoms with E-state index >= 15 is 0 Å². The number of pyridine rings is 1. The number of hydrogen-bond acceptors (Lipinski definition) is 5. The first-order valence-corrected chi connectivity index (χ1v) is 9.42. The Balaban J connectivity index is 1.81. The van der Waals surface area contributed by atoms with Gasteiger partial charge in [0.2, 0.25) is 10.0 Å². The summed E-state index contributed by atoms with van der Waals surface area (Å²) in [4.78, 5) is 16.6. The molecule has 0 aliphatic rings. The Hall–Kier alpha value is -2.42. The van der Waals surface area contributed by atoms with E-state index in [1.165, 1.54) is 32.3 Å². The lowest BCUT2D eigenvalue weighted by Crippen LogP contribution is -2.22. The summed E-state index contributed by atoms with van der Waals surface area (Å²) in [5.41, 5.74) is 1.28. The van der Waals surface area contributed by atoms with Gasteiger partial charge in [-0.25, -0.2) is 22.5 Å². The van der Waals surface area contributed by atoms with Crippen LogP contribution in [0.1, 0.15) is 16.1 Å². The van der Waals surface area contributed by atoms with Crippen molar-refractivity contribution in [2.24, 2.45) is 0 Å². The highest BCUT2D eigenvalue weighted by atomic mass is 35.5. The Bertz CT molecular complexity index is 1040. The van der Waals surface area contributed by atoms with E-state index in [1.807, 2.05) is 24.4 Å². The fourth-order valence-electron chi connectivity index (χ4n) is 2.31. The van der Waals surface area contributed by atoms with Crippen LogP contribution in [0.5, 0.6) is 0 Å². The van der Waals surface area contributed by atoms with Crippen LogP contribution in [-0.4, -0.2) is 42.2 Å². The van der Waals surface area contributed by atoms with Crippen molar-refractivity contribution in [1.82, 2.24) is 13.7 Å². The van der Waals surface area contributed by atoms with Gasteiger partial charge in [0.05, 0.1) is 21.2 Å². The molecule has 0 radical (unpaired) electrons. The minimum Gasteiger partial charge on any atom is -0.455 e. The third-order valence-electron chi connectivity index (χ3n) is 3.70. The monoisotopic (exact) mass is 393 g/mol. The maximum Gasteiger partial charge on any atom is 0.340 e. The fourth-order valence-corrected chi connectivity index (χ4v) is 3.43. The topological polar surface area (TPSA) is 81.0 Å². The zero-order chi connectivity index (χ0) is 18.9. The molecule has 0 fully saturated rings. The highest BCUT2D eigenvalue weighted by Gasteiger charge is 2.21. The maximum atomic E-state index is 12.4. The van der Waals surface area contributed by atoms with Crippen LogP contribution in [-0.2, 0) is 21.4 Å². The highest BCUT2D eigenvalue weighted by Crippen LogP contribution is 2.23. The number of imidazole rings is 1. The Labute approximate surface area is 155 Å². The number of sulfonamides is 1. The summed E-state index contributed by atoms with van der Waals surface area (Å²) in [7, 11) is -0.867. The predicted molar refractivity (Wildman–Crippen MR) is 96.6 cm³/mol. The first kappa shape index (κ1) is 18.4. The van der Waals surface area contributed by atoms with E-state index in [0.29, 0.717) is 5.69 Å². The molecule has 1 aromatic carbocycles. The molecule has 3 aromatic rings. The molecular weight excluding hydrogens is 378 g/mol. The number of rotatable bonds is 5. The van der Waals surface area contributed by atoms with Crippen LogP contribution in [0, 0.1) is 0 Å². The number of halogens is 1. The van der Waals surface area contributed by atoms with Crippen molar-refractivity contribution in [2.75, 3.05) is 14.1 Å². The first-order valence-electron chi connectivity index (χ1n) is 7.61. The van der Waals surface area contributed by atoms with Crippen LogP contribution in [0.25, 0.3) is 5.65 Å². The maximum absolute atomic E-state index is 12.4. The molecule has 0 aliphatic heterocycles. The molecule has 0 saturated carbocycles. The van der Waals surface area contributed by atoms with Crippen molar-refractivity contribution in [2.45, 2.75) is 11.5 Å². The third-order valence-corrected chi connectivity index (χ3v) is 5.84. The van der Waals surface area contributed by atoms with Crippen LogP contribution in [0.2, 0.25) is 5.02 Å². The molecule has 3 rings (SSSR count). The molecule has 26 heavy (non-hydrogen) atoms. The minimum atomic E-state index is -3.68. The summed E-state index contributed by atoms with van der Waals surface area (Å²) in [6, 6.07) is 9.47. The third kappa shape index (κ3) is 3.57. The molecule has 0 saturated heterocycles. The molecule has 0 aliphatic carbocycles.